The second-order valence-corrected chi connectivity index (χ2v) is 8.77. The number of hydrogen-bond donors (Lipinski definition) is 0. The van der Waals surface area contributed by atoms with Gasteiger partial charge in [-0.05, 0) is 50.3 Å². The van der Waals surface area contributed by atoms with Gasteiger partial charge < -0.3 is 9.80 Å². The highest BCUT2D eigenvalue weighted by molar-refractivity contribution is 8.00. The van der Waals surface area contributed by atoms with Crippen LogP contribution in [0.25, 0.3) is 0 Å². The van der Waals surface area contributed by atoms with E-state index < -0.39 is 0 Å². The third-order valence-electron chi connectivity index (χ3n) is 5.11. The predicted octanol–water partition coefficient (Wildman–Crippen LogP) is 4.34. The molecule has 1 aromatic carbocycles. The van der Waals surface area contributed by atoms with Crippen LogP contribution >= 0.6 is 35.0 Å². The summed E-state index contributed by atoms with van der Waals surface area (Å²) in [7, 11) is 0. The van der Waals surface area contributed by atoms with Crippen LogP contribution in [0, 0.1) is 5.92 Å². The molecule has 0 aliphatic carbocycles. The maximum atomic E-state index is 12.6. The third-order valence-corrected chi connectivity index (χ3v) is 6.83. The highest BCUT2D eigenvalue weighted by Gasteiger charge is 2.30. The second-order valence-electron chi connectivity index (χ2n) is 6.90. The number of nitrogens with zero attached hydrogens (tertiary/aromatic N) is 2. The Hall–Kier alpha value is -0.910. The minimum atomic E-state index is 0.0761. The topological polar surface area (TPSA) is 40.6 Å². The number of carbonyl (C=O) groups excluding carboxylic acids is 2. The minimum absolute atomic E-state index is 0.0761. The summed E-state index contributed by atoms with van der Waals surface area (Å²) in [5.74, 6) is 0.795. The van der Waals surface area contributed by atoms with Crippen LogP contribution in [-0.4, -0.2) is 53.5 Å². The molecule has 0 N–H and O–H groups in total. The Bertz CT molecular complexity index is 657. The van der Waals surface area contributed by atoms with Crippen LogP contribution in [0.4, 0.5) is 0 Å². The molecular weight excluding hydrogens is 391 g/mol. The lowest BCUT2D eigenvalue weighted by atomic mass is 9.94. The van der Waals surface area contributed by atoms with Crippen LogP contribution in [0.15, 0.2) is 23.1 Å². The second kappa shape index (κ2) is 9.34. The molecule has 0 bridgehead atoms. The average Bonchev–Trinajstić information content (AvgIpc) is 2.68. The maximum absolute atomic E-state index is 12.6. The van der Waals surface area contributed by atoms with E-state index in [9.17, 15) is 9.59 Å². The molecule has 0 saturated carbocycles. The summed E-state index contributed by atoms with van der Waals surface area (Å²) in [5.41, 5.74) is 0. The lowest BCUT2D eigenvalue weighted by Crippen LogP contribution is -2.46. The van der Waals surface area contributed by atoms with Gasteiger partial charge in [0, 0.05) is 42.0 Å². The van der Waals surface area contributed by atoms with E-state index in [2.05, 4.69) is 0 Å². The molecule has 0 spiro atoms. The van der Waals surface area contributed by atoms with E-state index in [0.717, 1.165) is 43.7 Å². The molecule has 1 aromatic rings. The van der Waals surface area contributed by atoms with Crippen molar-refractivity contribution in [2.75, 3.05) is 31.9 Å². The van der Waals surface area contributed by atoms with Crippen LogP contribution in [0.1, 0.15) is 32.1 Å². The summed E-state index contributed by atoms with van der Waals surface area (Å²) in [4.78, 5) is 29.8. The van der Waals surface area contributed by atoms with Crippen LogP contribution in [0.5, 0.6) is 0 Å². The Morgan fingerprint density at radius 2 is 1.69 bits per heavy atom. The summed E-state index contributed by atoms with van der Waals surface area (Å²) >= 11 is 13.5. The summed E-state index contributed by atoms with van der Waals surface area (Å²) in [6, 6.07) is 5.26. The molecule has 4 nitrogen and oxygen atoms in total. The fourth-order valence-corrected chi connectivity index (χ4v) is 4.96. The van der Waals surface area contributed by atoms with Crippen LogP contribution in [-0.2, 0) is 9.59 Å². The normalized spacial score (nSPS) is 18.8. The van der Waals surface area contributed by atoms with E-state index >= 15 is 0 Å². The molecule has 0 aromatic heterocycles. The van der Waals surface area contributed by atoms with Crippen molar-refractivity contribution in [3.05, 3.63) is 28.2 Å². The minimum Gasteiger partial charge on any atom is -0.342 e. The number of rotatable bonds is 4. The van der Waals surface area contributed by atoms with Crippen LogP contribution in [0.2, 0.25) is 10.0 Å². The first-order valence-corrected chi connectivity index (χ1v) is 10.9. The average molecular weight is 415 g/mol. The van der Waals surface area contributed by atoms with Gasteiger partial charge in [-0.3, -0.25) is 9.59 Å². The molecular formula is C19H24Cl2N2O2S. The largest absolute Gasteiger partial charge is 0.342 e. The zero-order valence-corrected chi connectivity index (χ0v) is 17.1. The monoisotopic (exact) mass is 414 g/mol. The van der Waals surface area contributed by atoms with E-state index in [1.807, 2.05) is 9.80 Å². The Kier molecular flexibility index (Phi) is 7.12. The van der Waals surface area contributed by atoms with Gasteiger partial charge in [-0.25, -0.2) is 0 Å². The van der Waals surface area contributed by atoms with Gasteiger partial charge in [0.15, 0.2) is 0 Å². The van der Waals surface area contributed by atoms with Crippen molar-refractivity contribution >= 4 is 46.8 Å². The Morgan fingerprint density at radius 3 is 2.38 bits per heavy atom. The van der Waals surface area contributed by atoms with Crippen LogP contribution < -0.4 is 0 Å². The van der Waals surface area contributed by atoms with E-state index in [4.69, 9.17) is 23.2 Å². The molecule has 2 aliphatic heterocycles. The molecule has 26 heavy (non-hydrogen) atoms. The zero-order valence-electron chi connectivity index (χ0n) is 14.8. The van der Waals surface area contributed by atoms with E-state index in [1.165, 1.54) is 18.2 Å². The fourth-order valence-electron chi connectivity index (χ4n) is 3.57. The fraction of sp³-hybridized carbons (Fsp3) is 0.579. The highest BCUT2D eigenvalue weighted by Crippen LogP contribution is 2.30. The standard InChI is InChI=1S/C19H24Cl2N2O2S/c20-15-4-5-16(21)17(12-15)26-13-18(24)22-10-6-14(7-11-22)19(25)23-8-2-1-3-9-23/h4-5,12,14H,1-3,6-11,13H2. The van der Waals surface area contributed by atoms with Crippen molar-refractivity contribution in [3.63, 3.8) is 0 Å². The van der Waals surface area contributed by atoms with E-state index in [1.54, 1.807) is 18.2 Å². The summed E-state index contributed by atoms with van der Waals surface area (Å²) in [5, 5.41) is 1.22. The Morgan fingerprint density at radius 1 is 1.00 bits per heavy atom. The Labute approximate surface area is 169 Å². The van der Waals surface area contributed by atoms with Crippen molar-refractivity contribution in [1.29, 1.82) is 0 Å². The van der Waals surface area contributed by atoms with Gasteiger partial charge in [0.2, 0.25) is 11.8 Å². The smallest absolute Gasteiger partial charge is 0.232 e. The summed E-state index contributed by atoms with van der Waals surface area (Å²) in [6.07, 6.45) is 5.00. The van der Waals surface area contributed by atoms with Gasteiger partial charge in [0.25, 0.3) is 0 Å². The van der Waals surface area contributed by atoms with Crippen molar-refractivity contribution in [3.8, 4) is 0 Å². The number of likely N-dealkylation sites (tertiary alicyclic amines) is 2. The highest BCUT2D eigenvalue weighted by atomic mass is 35.5. The zero-order chi connectivity index (χ0) is 18.5. The molecule has 2 heterocycles. The number of hydrogen-bond acceptors (Lipinski definition) is 3. The van der Waals surface area contributed by atoms with Gasteiger partial charge in [-0.1, -0.05) is 23.2 Å². The number of thioether (sulfide) groups is 1. The number of amides is 2. The molecule has 2 amide bonds. The van der Waals surface area contributed by atoms with Gasteiger partial charge in [0.05, 0.1) is 10.8 Å². The molecule has 2 aliphatic rings. The number of benzene rings is 1. The van der Waals surface area contributed by atoms with E-state index in [-0.39, 0.29) is 17.7 Å². The number of halogens is 2. The van der Waals surface area contributed by atoms with Gasteiger partial charge in [0.1, 0.15) is 0 Å². The molecule has 0 unspecified atom stereocenters. The first-order chi connectivity index (χ1) is 12.5. The van der Waals surface area contributed by atoms with Crippen molar-refractivity contribution in [2.45, 2.75) is 37.0 Å². The molecule has 7 heteroatoms. The van der Waals surface area contributed by atoms with Crippen molar-refractivity contribution < 1.29 is 9.59 Å². The van der Waals surface area contributed by atoms with E-state index in [0.29, 0.717) is 28.9 Å². The summed E-state index contributed by atoms with van der Waals surface area (Å²) in [6.45, 7) is 3.11. The molecule has 3 rings (SSSR count). The quantitative estimate of drug-likeness (QED) is 0.687. The SMILES string of the molecule is O=C(CSc1cc(Cl)ccc1Cl)N1CCC(C(=O)N2CCCCC2)CC1. The van der Waals surface area contributed by atoms with Crippen molar-refractivity contribution in [2.24, 2.45) is 5.92 Å². The van der Waals surface area contributed by atoms with Crippen LogP contribution in [0.3, 0.4) is 0 Å². The molecule has 2 saturated heterocycles. The number of carbonyl (C=O) groups is 2. The van der Waals surface area contributed by atoms with Gasteiger partial charge in [-0.2, -0.15) is 0 Å². The molecule has 2 fully saturated rings. The van der Waals surface area contributed by atoms with Crippen molar-refractivity contribution in [1.82, 2.24) is 9.80 Å². The lowest BCUT2D eigenvalue weighted by molar-refractivity contribution is -0.140. The Balaban J connectivity index is 1.46. The predicted molar refractivity (Wildman–Crippen MR) is 107 cm³/mol. The molecule has 0 radical (unpaired) electrons. The maximum Gasteiger partial charge on any atom is 0.232 e. The molecule has 0 atom stereocenters. The lowest BCUT2D eigenvalue weighted by Gasteiger charge is -2.35. The molecule has 142 valence electrons. The van der Waals surface area contributed by atoms with Gasteiger partial charge in [-0.15, -0.1) is 11.8 Å². The first kappa shape index (κ1) is 19.8. The van der Waals surface area contributed by atoms with Gasteiger partial charge >= 0.3 is 0 Å². The first-order valence-electron chi connectivity index (χ1n) is 9.19. The third kappa shape index (κ3) is 5.08. The number of piperidine rings is 2. The summed E-state index contributed by atoms with van der Waals surface area (Å²) < 4.78 is 0.